The summed E-state index contributed by atoms with van der Waals surface area (Å²) < 4.78 is 5.50. The van der Waals surface area contributed by atoms with Crippen molar-refractivity contribution in [3.8, 4) is 11.4 Å². The van der Waals surface area contributed by atoms with Gasteiger partial charge in [-0.15, -0.1) is 0 Å². The molecule has 0 atom stereocenters. The van der Waals surface area contributed by atoms with E-state index in [1.807, 2.05) is 36.1 Å². The molecule has 0 spiro atoms. The minimum atomic E-state index is -0.0244. The highest BCUT2D eigenvalue weighted by Gasteiger charge is 2.28. The molecule has 7 heteroatoms. The minimum Gasteiger partial charge on any atom is -0.339 e. The van der Waals surface area contributed by atoms with E-state index in [9.17, 15) is 4.79 Å². The number of aryl methyl sites for hydroxylation is 1. The summed E-state index contributed by atoms with van der Waals surface area (Å²) in [7, 11) is 0. The summed E-state index contributed by atoms with van der Waals surface area (Å²) in [5.74, 6) is 1.40. The van der Waals surface area contributed by atoms with Crippen molar-refractivity contribution < 1.29 is 9.32 Å². The van der Waals surface area contributed by atoms with Gasteiger partial charge in [0.05, 0.1) is 5.56 Å². The van der Waals surface area contributed by atoms with Crippen LogP contribution in [0.4, 0.5) is 0 Å². The minimum absolute atomic E-state index is 0.0244. The maximum absolute atomic E-state index is 12.6. The van der Waals surface area contributed by atoms with Crippen LogP contribution in [0.2, 0.25) is 5.15 Å². The van der Waals surface area contributed by atoms with Crippen molar-refractivity contribution in [2.24, 2.45) is 0 Å². The third kappa shape index (κ3) is 3.85. The molecule has 0 saturated carbocycles. The molecule has 3 aromatic rings. The highest BCUT2D eigenvalue weighted by molar-refractivity contribution is 6.29. The number of halogens is 1. The van der Waals surface area contributed by atoms with Crippen LogP contribution in [0.25, 0.3) is 11.4 Å². The van der Waals surface area contributed by atoms with Crippen LogP contribution < -0.4 is 0 Å². The number of nitrogens with zero attached hydrogens (tertiary/aromatic N) is 4. The molecule has 1 amide bonds. The van der Waals surface area contributed by atoms with Crippen molar-refractivity contribution in [3.63, 3.8) is 0 Å². The SMILES string of the molecule is Cc1cccc(-c2noc(C3CCN(C(=O)c4ccc(Cl)nc4)CC3)n2)c1. The first-order valence-corrected chi connectivity index (χ1v) is 9.29. The number of aromatic nitrogens is 3. The Morgan fingerprint density at radius 2 is 2.04 bits per heavy atom. The average Bonchev–Trinajstić information content (AvgIpc) is 3.18. The molecule has 4 rings (SSSR count). The number of carbonyl (C=O) groups excluding carboxylic acids is 1. The second-order valence-electron chi connectivity index (χ2n) is 6.76. The second kappa shape index (κ2) is 7.48. The number of hydrogen-bond acceptors (Lipinski definition) is 5. The van der Waals surface area contributed by atoms with Gasteiger partial charge in [0, 0.05) is 30.8 Å². The fourth-order valence-electron chi connectivity index (χ4n) is 3.32. The van der Waals surface area contributed by atoms with Crippen molar-refractivity contribution in [1.29, 1.82) is 0 Å². The molecule has 27 heavy (non-hydrogen) atoms. The number of likely N-dealkylation sites (tertiary alicyclic amines) is 1. The monoisotopic (exact) mass is 382 g/mol. The summed E-state index contributed by atoms with van der Waals surface area (Å²) in [4.78, 5) is 23.0. The quantitative estimate of drug-likeness (QED) is 0.637. The summed E-state index contributed by atoms with van der Waals surface area (Å²) >= 11 is 5.78. The molecule has 1 fully saturated rings. The molecule has 0 N–H and O–H groups in total. The molecule has 138 valence electrons. The van der Waals surface area contributed by atoms with Crippen molar-refractivity contribution in [2.45, 2.75) is 25.7 Å². The number of hydrogen-bond donors (Lipinski definition) is 0. The highest BCUT2D eigenvalue weighted by Crippen LogP contribution is 2.29. The van der Waals surface area contributed by atoms with E-state index in [1.165, 1.54) is 6.20 Å². The Morgan fingerprint density at radius 1 is 1.22 bits per heavy atom. The number of carbonyl (C=O) groups is 1. The number of rotatable bonds is 3. The van der Waals surface area contributed by atoms with Crippen LogP contribution in [0.15, 0.2) is 47.1 Å². The third-order valence-corrected chi connectivity index (χ3v) is 5.05. The van der Waals surface area contributed by atoms with Crippen LogP contribution in [0.1, 0.15) is 40.6 Å². The molecular weight excluding hydrogens is 364 g/mol. The van der Waals surface area contributed by atoms with Gasteiger partial charge in [-0.05, 0) is 38.0 Å². The maximum Gasteiger partial charge on any atom is 0.255 e. The zero-order chi connectivity index (χ0) is 18.8. The molecular formula is C20H19ClN4O2. The van der Waals surface area contributed by atoms with Gasteiger partial charge in [-0.25, -0.2) is 4.98 Å². The van der Waals surface area contributed by atoms with Crippen LogP contribution in [-0.4, -0.2) is 39.0 Å². The molecule has 0 bridgehead atoms. The molecule has 1 aromatic carbocycles. The molecule has 3 heterocycles. The maximum atomic E-state index is 12.6. The van der Waals surface area contributed by atoms with Gasteiger partial charge in [-0.3, -0.25) is 4.79 Å². The van der Waals surface area contributed by atoms with E-state index in [4.69, 9.17) is 16.1 Å². The average molecular weight is 383 g/mol. The summed E-state index contributed by atoms with van der Waals surface area (Å²) in [6.45, 7) is 3.33. The molecule has 1 aliphatic rings. The first-order valence-electron chi connectivity index (χ1n) is 8.91. The topological polar surface area (TPSA) is 72.1 Å². The summed E-state index contributed by atoms with van der Waals surface area (Å²) in [5, 5.41) is 4.51. The summed E-state index contributed by atoms with van der Waals surface area (Å²) in [5.41, 5.74) is 2.66. The van der Waals surface area contributed by atoms with E-state index in [-0.39, 0.29) is 11.8 Å². The molecule has 1 saturated heterocycles. The predicted octanol–water partition coefficient (Wildman–Crippen LogP) is 4.11. The molecule has 1 aliphatic heterocycles. The number of benzene rings is 1. The van der Waals surface area contributed by atoms with Gasteiger partial charge in [0.15, 0.2) is 0 Å². The van der Waals surface area contributed by atoms with Crippen LogP contribution in [-0.2, 0) is 0 Å². The first-order chi connectivity index (χ1) is 13.1. The smallest absolute Gasteiger partial charge is 0.255 e. The zero-order valence-electron chi connectivity index (χ0n) is 14.9. The molecule has 0 aliphatic carbocycles. The van der Waals surface area contributed by atoms with Crippen LogP contribution in [0, 0.1) is 6.92 Å². The van der Waals surface area contributed by atoms with Gasteiger partial charge < -0.3 is 9.42 Å². The fourth-order valence-corrected chi connectivity index (χ4v) is 3.43. The lowest BCUT2D eigenvalue weighted by Crippen LogP contribution is -2.38. The van der Waals surface area contributed by atoms with Gasteiger partial charge in [0.25, 0.3) is 5.91 Å². The van der Waals surface area contributed by atoms with E-state index < -0.39 is 0 Å². The fraction of sp³-hybridized carbons (Fsp3) is 0.300. The van der Waals surface area contributed by atoms with Gasteiger partial charge >= 0.3 is 0 Å². The molecule has 0 unspecified atom stereocenters. The van der Waals surface area contributed by atoms with E-state index in [0.717, 1.165) is 24.0 Å². The van der Waals surface area contributed by atoms with Gasteiger partial charge in [0.2, 0.25) is 11.7 Å². The Labute approximate surface area is 162 Å². The van der Waals surface area contributed by atoms with Crippen LogP contribution in [0.5, 0.6) is 0 Å². The standard InChI is InChI=1S/C20H19ClN4O2/c1-13-3-2-4-15(11-13)18-23-19(27-24-18)14-7-9-25(10-8-14)20(26)16-5-6-17(21)22-12-16/h2-6,11-12,14H,7-10H2,1H3. The Hall–Kier alpha value is -2.73. The van der Waals surface area contributed by atoms with Crippen LogP contribution >= 0.6 is 11.6 Å². The van der Waals surface area contributed by atoms with Crippen molar-refractivity contribution in [1.82, 2.24) is 20.0 Å². The molecule has 6 nitrogen and oxygen atoms in total. The zero-order valence-corrected chi connectivity index (χ0v) is 15.7. The van der Waals surface area contributed by atoms with Crippen molar-refractivity contribution in [3.05, 3.63) is 64.8 Å². The second-order valence-corrected chi connectivity index (χ2v) is 7.15. The normalized spacial score (nSPS) is 15.1. The lowest BCUT2D eigenvalue weighted by Gasteiger charge is -2.30. The van der Waals surface area contributed by atoms with E-state index in [0.29, 0.717) is 35.5 Å². The Balaban J connectivity index is 1.41. The Morgan fingerprint density at radius 3 is 2.74 bits per heavy atom. The number of amides is 1. The van der Waals surface area contributed by atoms with Crippen LogP contribution in [0.3, 0.4) is 0 Å². The van der Waals surface area contributed by atoms with Gasteiger partial charge in [-0.2, -0.15) is 4.98 Å². The number of pyridine rings is 1. The van der Waals surface area contributed by atoms with Crippen molar-refractivity contribution in [2.75, 3.05) is 13.1 Å². The highest BCUT2D eigenvalue weighted by atomic mass is 35.5. The van der Waals surface area contributed by atoms with Crippen molar-refractivity contribution >= 4 is 17.5 Å². The first kappa shape index (κ1) is 17.7. The van der Waals surface area contributed by atoms with Gasteiger partial charge in [-0.1, -0.05) is 40.5 Å². The predicted molar refractivity (Wildman–Crippen MR) is 102 cm³/mol. The van der Waals surface area contributed by atoms with E-state index >= 15 is 0 Å². The number of piperidine rings is 1. The summed E-state index contributed by atoms with van der Waals surface area (Å²) in [6, 6.07) is 11.4. The van der Waals surface area contributed by atoms with E-state index in [2.05, 4.69) is 15.1 Å². The summed E-state index contributed by atoms with van der Waals surface area (Å²) in [6.07, 6.45) is 3.10. The molecule has 2 aromatic heterocycles. The lowest BCUT2D eigenvalue weighted by molar-refractivity contribution is 0.0704. The lowest BCUT2D eigenvalue weighted by atomic mass is 9.96. The van der Waals surface area contributed by atoms with Gasteiger partial charge in [0.1, 0.15) is 5.15 Å². The Kier molecular flexibility index (Phi) is 4.90. The Bertz CT molecular complexity index is 947. The third-order valence-electron chi connectivity index (χ3n) is 4.82. The largest absolute Gasteiger partial charge is 0.339 e. The van der Waals surface area contributed by atoms with E-state index in [1.54, 1.807) is 12.1 Å². The molecule has 0 radical (unpaired) electrons.